The number of nitrogens with zero attached hydrogens (tertiary/aromatic N) is 1. The predicted octanol–water partition coefficient (Wildman–Crippen LogP) is 1.59. The second-order valence-corrected chi connectivity index (χ2v) is 3.61. The molecular weight excluding hydrogens is 190 g/mol. The van der Waals surface area contributed by atoms with Crippen molar-refractivity contribution in [2.24, 2.45) is 4.99 Å². The van der Waals surface area contributed by atoms with Crippen LogP contribution in [0.3, 0.4) is 0 Å². The van der Waals surface area contributed by atoms with Gasteiger partial charge in [0, 0.05) is 12.0 Å². The van der Waals surface area contributed by atoms with E-state index >= 15 is 0 Å². The van der Waals surface area contributed by atoms with Crippen molar-refractivity contribution >= 4 is 11.7 Å². The van der Waals surface area contributed by atoms with Gasteiger partial charge in [-0.1, -0.05) is 12.1 Å². The van der Waals surface area contributed by atoms with Gasteiger partial charge in [0.2, 0.25) is 5.90 Å². The maximum atomic E-state index is 11.0. The van der Waals surface area contributed by atoms with E-state index in [0.29, 0.717) is 18.9 Å². The van der Waals surface area contributed by atoms with Crippen molar-refractivity contribution in [1.82, 2.24) is 0 Å². The van der Waals surface area contributed by atoms with Crippen LogP contribution in [0.2, 0.25) is 0 Å². The van der Waals surface area contributed by atoms with E-state index in [1.807, 2.05) is 24.3 Å². The van der Waals surface area contributed by atoms with E-state index < -0.39 is 0 Å². The molecule has 0 aliphatic carbocycles. The first-order valence-electron chi connectivity index (χ1n) is 5.02. The van der Waals surface area contributed by atoms with Gasteiger partial charge in [0.25, 0.3) is 0 Å². The Balaban J connectivity index is 2.22. The van der Waals surface area contributed by atoms with Gasteiger partial charge in [-0.25, -0.2) is 4.99 Å². The molecule has 0 atom stereocenters. The summed E-state index contributed by atoms with van der Waals surface area (Å²) in [5, 5.41) is 0. The molecule has 1 aliphatic heterocycles. The van der Waals surface area contributed by atoms with Gasteiger partial charge >= 0.3 is 0 Å². The van der Waals surface area contributed by atoms with E-state index in [-0.39, 0.29) is 5.78 Å². The topological polar surface area (TPSA) is 38.7 Å². The fourth-order valence-electron chi connectivity index (χ4n) is 1.61. The zero-order valence-electron chi connectivity index (χ0n) is 8.69. The Labute approximate surface area is 88.8 Å². The van der Waals surface area contributed by atoms with Crippen LogP contribution in [0.15, 0.2) is 29.3 Å². The lowest BCUT2D eigenvalue weighted by atomic mass is 10.1. The molecule has 0 unspecified atom stereocenters. The summed E-state index contributed by atoms with van der Waals surface area (Å²) in [5.74, 6) is 0.863. The molecule has 15 heavy (non-hydrogen) atoms. The number of Topliss-reactive ketones (excluding diaryl/α,β-unsaturated/α-hetero) is 1. The van der Waals surface area contributed by atoms with E-state index in [9.17, 15) is 4.79 Å². The molecule has 0 amide bonds. The number of benzene rings is 1. The number of ether oxygens (including phenoxy) is 1. The number of aliphatic imine (C=N–C) groups is 1. The Morgan fingerprint density at radius 2 is 2.40 bits per heavy atom. The highest BCUT2D eigenvalue weighted by Gasteiger charge is 2.10. The van der Waals surface area contributed by atoms with Crippen molar-refractivity contribution in [3.8, 4) is 0 Å². The SMILES string of the molecule is CC(=O)Cc1cccc(C2=NCCO2)c1. The van der Waals surface area contributed by atoms with Gasteiger partial charge in [-0.2, -0.15) is 0 Å². The minimum atomic E-state index is 0.168. The first-order valence-corrected chi connectivity index (χ1v) is 5.02. The molecule has 0 saturated carbocycles. The fourth-order valence-corrected chi connectivity index (χ4v) is 1.61. The number of carbonyl (C=O) groups is 1. The summed E-state index contributed by atoms with van der Waals surface area (Å²) >= 11 is 0. The van der Waals surface area contributed by atoms with Crippen LogP contribution in [0, 0.1) is 0 Å². The largest absolute Gasteiger partial charge is 0.476 e. The van der Waals surface area contributed by atoms with Crippen LogP contribution >= 0.6 is 0 Å². The lowest BCUT2D eigenvalue weighted by Gasteiger charge is -2.03. The van der Waals surface area contributed by atoms with E-state index in [0.717, 1.165) is 17.7 Å². The van der Waals surface area contributed by atoms with Crippen LogP contribution in [-0.4, -0.2) is 24.8 Å². The number of carbonyl (C=O) groups excluding carboxylic acids is 1. The third kappa shape index (κ3) is 2.43. The smallest absolute Gasteiger partial charge is 0.216 e. The zero-order chi connectivity index (χ0) is 10.7. The van der Waals surface area contributed by atoms with E-state index in [1.165, 1.54) is 0 Å². The average Bonchev–Trinajstić information content (AvgIpc) is 2.69. The Morgan fingerprint density at radius 1 is 1.53 bits per heavy atom. The highest BCUT2D eigenvalue weighted by atomic mass is 16.5. The highest BCUT2D eigenvalue weighted by Crippen LogP contribution is 2.11. The minimum absolute atomic E-state index is 0.168. The van der Waals surface area contributed by atoms with Crippen molar-refractivity contribution in [2.45, 2.75) is 13.3 Å². The average molecular weight is 203 g/mol. The Hall–Kier alpha value is -1.64. The molecule has 0 N–H and O–H groups in total. The monoisotopic (exact) mass is 203 g/mol. The molecule has 3 heteroatoms. The summed E-state index contributed by atoms with van der Waals surface area (Å²) in [6, 6.07) is 7.79. The lowest BCUT2D eigenvalue weighted by molar-refractivity contribution is -0.116. The molecule has 1 aromatic carbocycles. The molecule has 0 bridgehead atoms. The van der Waals surface area contributed by atoms with Crippen LogP contribution in [0.5, 0.6) is 0 Å². The predicted molar refractivity (Wildman–Crippen MR) is 58.2 cm³/mol. The molecule has 3 nitrogen and oxygen atoms in total. The molecule has 1 aromatic rings. The quantitative estimate of drug-likeness (QED) is 0.748. The first kappa shape index (κ1) is 9.90. The molecule has 0 saturated heterocycles. The van der Waals surface area contributed by atoms with Gasteiger partial charge in [-0.15, -0.1) is 0 Å². The van der Waals surface area contributed by atoms with Crippen LogP contribution in [0.1, 0.15) is 18.1 Å². The third-order valence-electron chi connectivity index (χ3n) is 2.21. The normalized spacial score (nSPS) is 14.6. The summed E-state index contributed by atoms with van der Waals surface area (Å²) in [5.41, 5.74) is 1.98. The van der Waals surface area contributed by atoms with Crippen molar-refractivity contribution in [1.29, 1.82) is 0 Å². The molecule has 1 heterocycles. The van der Waals surface area contributed by atoms with E-state index in [1.54, 1.807) is 6.92 Å². The number of hydrogen-bond acceptors (Lipinski definition) is 3. The van der Waals surface area contributed by atoms with Crippen LogP contribution < -0.4 is 0 Å². The molecule has 0 aromatic heterocycles. The van der Waals surface area contributed by atoms with Gasteiger partial charge in [-0.05, 0) is 24.6 Å². The van der Waals surface area contributed by atoms with Crippen LogP contribution in [0.4, 0.5) is 0 Å². The summed E-state index contributed by atoms with van der Waals surface area (Å²) in [7, 11) is 0. The molecule has 0 radical (unpaired) electrons. The standard InChI is InChI=1S/C12H13NO2/c1-9(14)7-10-3-2-4-11(8-10)12-13-5-6-15-12/h2-4,8H,5-7H2,1H3. The van der Waals surface area contributed by atoms with Crippen molar-refractivity contribution < 1.29 is 9.53 Å². The summed E-state index contributed by atoms with van der Waals surface area (Å²) < 4.78 is 5.36. The molecule has 1 aliphatic rings. The lowest BCUT2D eigenvalue weighted by Crippen LogP contribution is -2.03. The number of rotatable bonds is 3. The number of hydrogen-bond donors (Lipinski definition) is 0. The van der Waals surface area contributed by atoms with Crippen molar-refractivity contribution in [3.05, 3.63) is 35.4 Å². The summed E-state index contributed by atoms with van der Waals surface area (Å²) in [6.07, 6.45) is 0.473. The van der Waals surface area contributed by atoms with Crippen molar-refractivity contribution in [3.63, 3.8) is 0 Å². The van der Waals surface area contributed by atoms with Gasteiger partial charge in [0.05, 0.1) is 6.54 Å². The fraction of sp³-hybridized carbons (Fsp3) is 0.333. The van der Waals surface area contributed by atoms with Gasteiger partial charge in [0.15, 0.2) is 0 Å². The molecule has 0 fully saturated rings. The summed E-state index contributed by atoms with van der Waals surface area (Å²) in [6.45, 7) is 2.98. The second kappa shape index (κ2) is 4.26. The minimum Gasteiger partial charge on any atom is -0.476 e. The molecule has 0 spiro atoms. The maximum Gasteiger partial charge on any atom is 0.216 e. The van der Waals surface area contributed by atoms with Crippen LogP contribution in [0.25, 0.3) is 0 Å². The Kier molecular flexibility index (Phi) is 2.81. The summed E-state index contributed by atoms with van der Waals surface area (Å²) in [4.78, 5) is 15.2. The van der Waals surface area contributed by atoms with Crippen LogP contribution in [-0.2, 0) is 16.0 Å². The van der Waals surface area contributed by atoms with Gasteiger partial charge < -0.3 is 4.74 Å². The van der Waals surface area contributed by atoms with Gasteiger partial charge in [0.1, 0.15) is 12.4 Å². The van der Waals surface area contributed by atoms with Gasteiger partial charge in [-0.3, -0.25) is 4.79 Å². The Bertz CT molecular complexity index is 410. The molecule has 78 valence electrons. The van der Waals surface area contributed by atoms with Crippen molar-refractivity contribution in [2.75, 3.05) is 13.2 Å². The number of ketones is 1. The molecular formula is C12H13NO2. The highest BCUT2D eigenvalue weighted by molar-refractivity contribution is 5.95. The zero-order valence-corrected chi connectivity index (χ0v) is 8.69. The third-order valence-corrected chi connectivity index (χ3v) is 2.21. The maximum absolute atomic E-state index is 11.0. The second-order valence-electron chi connectivity index (χ2n) is 3.61. The van der Waals surface area contributed by atoms with E-state index in [2.05, 4.69) is 4.99 Å². The first-order chi connectivity index (χ1) is 7.25. The Morgan fingerprint density at radius 3 is 3.07 bits per heavy atom. The van der Waals surface area contributed by atoms with E-state index in [4.69, 9.17) is 4.74 Å². The molecule has 2 rings (SSSR count).